The summed E-state index contributed by atoms with van der Waals surface area (Å²) < 4.78 is 0. The minimum atomic E-state index is -0.234. The van der Waals surface area contributed by atoms with Gasteiger partial charge in [-0.3, -0.25) is 4.79 Å². The van der Waals surface area contributed by atoms with E-state index in [1.807, 2.05) is 4.90 Å². The number of nitrogens with two attached hydrogens (primary N) is 1. The second-order valence-electron chi connectivity index (χ2n) is 5.45. The number of nitrogens with zero attached hydrogens (tertiary/aromatic N) is 1. The van der Waals surface area contributed by atoms with E-state index in [1.165, 1.54) is 19.3 Å². The van der Waals surface area contributed by atoms with Crippen molar-refractivity contribution in [3.63, 3.8) is 0 Å². The third-order valence-corrected chi connectivity index (χ3v) is 4.12. The van der Waals surface area contributed by atoms with E-state index in [-0.39, 0.29) is 17.9 Å². The van der Waals surface area contributed by atoms with Crippen LogP contribution >= 0.6 is 0 Å². The third-order valence-electron chi connectivity index (χ3n) is 4.12. The summed E-state index contributed by atoms with van der Waals surface area (Å²) in [6.45, 7) is 1.29. The van der Waals surface area contributed by atoms with Crippen LogP contribution in [0.2, 0.25) is 0 Å². The first kappa shape index (κ1) is 13.2. The Labute approximate surface area is 108 Å². The van der Waals surface area contributed by atoms with E-state index >= 15 is 0 Å². The van der Waals surface area contributed by atoms with Gasteiger partial charge in [-0.25, -0.2) is 4.79 Å². The van der Waals surface area contributed by atoms with Gasteiger partial charge in [-0.1, -0.05) is 19.3 Å². The zero-order valence-corrected chi connectivity index (χ0v) is 10.9. The zero-order chi connectivity index (χ0) is 13.0. The van der Waals surface area contributed by atoms with Crippen LogP contribution in [0.1, 0.15) is 44.9 Å². The largest absolute Gasteiger partial charge is 0.369 e. The maximum Gasteiger partial charge on any atom is 0.317 e. The lowest BCUT2D eigenvalue weighted by atomic mass is 9.95. The van der Waals surface area contributed by atoms with Gasteiger partial charge in [0.25, 0.3) is 0 Å². The number of primary amides is 1. The Kier molecular flexibility index (Phi) is 4.44. The minimum absolute atomic E-state index is 0.0322. The van der Waals surface area contributed by atoms with Crippen molar-refractivity contribution in [2.75, 3.05) is 13.1 Å². The van der Waals surface area contributed by atoms with Crippen molar-refractivity contribution in [1.29, 1.82) is 0 Å². The molecule has 0 spiro atoms. The topological polar surface area (TPSA) is 75.4 Å². The average Bonchev–Trinajstić information content (AvgIpc) is 2.40. The van der Waals surface area contributed by atoms with Crippen LogP contribution in [-0.4, -0.2) is 36.0 Å². The molecular weight excluding hydrogens is 230 g/mol. The van der Waals surface area contributed by atoms with Crippen LogP contribution in [0.25, 0.3) is 0 Å². The van der Waals surface area contributed by atoms with Gasteiger partial charge in [-0.15, -0.1) is 0 Å². The van der Waals surface area contributed by atoms with Crippen LogP contribution in [0.3, 0.4) is 0 Å². The second-order valence-corrected chi connectivity index (χ2v) is 5.45. The highest BCUT2D eigenvalue weighted by molar-refractivity contribution is 5.78. The molecule has 102 valence electrons. The molecule has 2 aliphatic rings. The molecular formula is C13H23N3O2. The maximum absolute atomic E-state index is 12.0. The Hall–Kier alpha value is -1.26. The lowest BCUT2D eigenvalue weighted by molar-refractivity contribution is -0.123. The molecule has 0 unspecified atom stereocenters. The fraction of sp³-hybridized carbons (Fsp3) is 0.846. The standard InChI is InChI=1S/C13H23N3O2/c14-12(17)10-6-8-16(9-7-10)13(18)15-11-4-2-1-3-5-11/h10-11H,1-9H2,(H2,14,17)(H,15,18). The van der Waals surface area contributed by atoms with Gasteiger partial charge in [0.05, 0.1) is 0 Å². The van der Waals surface area contributed by atoms with Crippen molar-refractivity contribution in [1.82, 2.24) is 10.2 Å². The number of hydrogen-bond acceptors (Lipinski definition) is 2. The Morgan fingerprint density at radius 1 is 1.00 bits per heavy atom. The summed E-state index contributed by atoms with van der Waals surface area (Å²) in [5.41, 5.74) is 5.28. The summed E-state index contributed by atoms with van der Waals surface area (Å²) in [5, 5.41) is 3.10. The van der Waals surface area contributed by atoms with Gasteiger partial charge in [-0.05, 0) is 25.7 Å². The molecule has 0 bridgehead atoms. The summed E-state index contributed by atoms with van der Waals surface area (Å²) in [6, 6.07) is 0.380. The summed E-state index contributed by atoms with van der Waals surface area (Å²) in [6.07, 6.45) is 7.33. The van der Waals surface area contributed by atoms with Crippen molar-refractivity contribution in [3.8, 4) is 0 Å². The Morgan fingerprint density at radius 3 is 2.17 bits per heavy atom. The molecule has 3 amide bonds. The lowest BCUT2D eigenvalue weighted by Crippen LogP contribution is -2.49. The normalized spacial score (nSPS) is 22.8. The molecule has 2 fully saturated rings. The highest BCUT2D eigenvalue weighted by Crippen LogP contribution is 2.19. The quantitative estimate of drug-likeness (QED) is 0.776. The molecule has 2 rings (SSSR count). The number of urea groups is 1. The molecule has 5 nitrogen and oxygen atoms in total. The summed E-state index contributed by atoms with van der Waals surface area (Å²) in [7, 11) is 0. The number of likely N-dealkylation sites (tertiary alicyclic amines) is 1. The predicted octanol–water partition coefficient (Wildman–Crippen LogP) is 1.23. The summed E-state index contributed by atoms with van der Waals surface area (Å²) in [4.78, 5) is 24.9. The van der Waals surface area contributed by atoms with Crippen molar-refractivity contribution in [2.45, 2.75) is 51.0 Å². The van der Waals surface area contributed by atoms with Crippen molar-refractivity contribution in [3.05, 3.63) is 0 Å². The molecule has 1 aliphatic heterocycles. The van der Waals surface area contributed by atoms with Crippen molar-refractivity contribution in [2.24, 2.45) is 11.7 Å². The summed E-state index contributed by atoms with van der Waals surface area (Å²) in [5.74, 6) is -0.286. The molecule has 0 aromatic heterocycles. The zero-order valence-electron chi connectivity index (χ0n) is 10.9. The molecule has 1 saturated heterocycles. The van der Waals surface area contributed by atoms with Gasteiger partial charge in [0.1, 0.15) is 0 Å². The number of amides is 3. The molecule has 1 saturated carbocycles. The molecule has 5 heteroatoms. The van der Waals surface area contributed by atoms with Crippen LogP contribution < -0.4 is 11.1 Å². The van der Waals surface area contributed by atoms with Crippen LogP contribution in [0.4, 0.5) is 4.79 Å². The van der Waals surface area contributed by atoms with E-state index in [1.54, 1.807) is 0 Å². The molecule has 3 N–H and O–H groups in total. The molecule has 18 heavy (non-hydrogen) atoms. The monoisotopic (exact) mass is 253 g/mol. The number of carbonyl (C=O) groups excluding carboxylic acids is 2. The van der Waals surface area contributed by atoms with Crippen LogP contribution in [-0.2, 0) is 4.79 Å². The Bertz CT molecular complexity index is 305. The van der Waals surface area contributed by atoms with E-state index < -0.39 is 0 Å². The van der Waals surface area contributed by atoms with Crippen LogP contribution in [0.15, 0.2) is 0 Å². The number of nitrogens with one attached hydrogen (secondary N) is 1. The van der Waals surface area contributed by atoms with Gasteiger partial charge in [-0.2, -0.15) is 0 Å². The van der Waals surface area contributed by atoms with E-state index in [4.69, 9.17) is 5.73 Å². The molecule has 1 heterocycles. The van der Waals surface area contributed by atoms with Crippen molar-refractivity contribution >= 4 is 11.9 Å². The number of carbonyl (C=O) groups is 2. The molecule has 0 aromatic rings. The fourth-order valence-corrected chi connectivity index (χ4v) is 2.88. The maximum atomic E-state index is 12.0. The highest BCUT2D eigenvalue weighted by atomic mass is 16.2. The minimum Gasteiger partial charge on any atom is -0.369 e. The first-order valence-corrected chi connectivity index (χ1v) is 7.01. The first-order valence-electron chi connectivity index (χ1n) is 7.01. The predicted molar refractivity (Wildman–Crippen MR) is 68.9 cm³/mol. The van der Waals surface area contributed by atoms with E-state index in [9.17, 15) is 9.59 Å². The van der Waals surface area contributed by atoms with Gasteiger partial charge >= 0.3 is 6.03 Å². The molecule has 1 aliphatic carbocycles. The van der Waals surface area contributed by atoms with Crippen molar-refractivity contribution < 1.29 is 9.59 Å². The van der Waals surface area contributed by atoms with E-state index in [0.717, 1.165) is 12.8 Å². The number of piperidine rings is 1. The average molecular weight is 253 g/mol. The van der Waals surface area contributed by atoms with Gasteiger partial charge in [0.15, 0.2) is 0 Å². The van der Waals surface area contributed by atoms with Gasteiger partial charge in [0.2, 0.25) is 5.91 Å². The summed E-state index contributed by atoms with van der Waals surface area (Å²) >= 11 is 0. The SMILES string of the molecule is NC(=O)C1CCN(C(=O)NC2CCCCC2)CC1. The Balaban J connectivity index is 1.75. The number of hydrogen-bond donors (Lipinski definition) is 2. The fourth-order valence-electron chi connectivity index (χ4n) is 2.88. The van der Waals surface area contributed by atoms with Gasteiger partial charge in [0, 0.05) is 25.0 Å². The highest BCUT2D eigenvalue weighted by Gasteiger charge is 2.27. The van der Waals surface area contributed by atoms with Crippen LogP contribution in [0.5, 0.6) is 0 Å². The number of rotatable bonds is 2. The molecule has 0 aromatic carbocycles. The first-order chi connectivity index (χ1) is 8.66. The van der Waals surface area contributed by atoms with Gasteiger partial charge < -0.3 is 16.0 Å². The molecule has 0 atom stereocenters. The van der Waals surface area contributed by atoms with E-state index in [2.05, 4.69) is 5.32 Å². The third kappa shape index (κ3) is 3.37. The second kappa shape index (κ2) is 6.07. The molecule has 0 radical (unpaired) electrons. The smallest absolute Gasteiger partial charge is 0.317 e. The van der Waals surface area contributed by atoms with Crippen LogP contribution in [0, 0.1) is 5.92 Å². The Morgan fingerprint density at radius 2 is 1.61 bits per heavy atom. The lowest BCUT2D eigenvalue weighted by Gasteiger charge is -2.32. The van der Waals surface area contributed by atoms with E-state index in [0.29, 0.717) is 32.0 Å².